The molecule has 0 spiro atoms. The van der Waals surface area contributed by atoms with Crippen molar-refractivity contribution in [1.29, 1.82) is 0 Å². The van der Waals surface area contributed by atoms with Gasteiger partial charge in [-0.05, 0) is 25.0 Å². The lowest BCUT2D eigenvalue weighted by atomic mass is 9.90. The molecule has 0 aliphatic heterocycles. The van der Waals surface area contributed by atoms with Crippen LogP contribution in [0.15, 0.2) is 30.5 Å². The molecule has 1 aliphatic carbocycles. The fraction of sp³-hybridized carbons (Fsp3) is 0.353. The number of nitrogens with zero attached hydrogens (tertiary/aromatic N) is 4. The Bertz CT molecular complexity index is 872. The third-order valence-electron chi connectivity index (χ3n) is 4.30. The van der Waals surface area contributed by atoms with Crippen LogP contribution in [0.25, 0.3) is 11.0 Å². The van der Waals surface area contributed by atoms with Crippen molar-refractivity contribution in [2.24, 2.45) is 0 Å². The van der Waals surface area contributed by atoms with Crippen molar-refractivity contribution in [3.63, 3.8) is 0 Å². The molecular formula is C17H17N5OS. The van der Waals surface area contributed by atoms with Gasteiger partial charge in [-0.15, -0.1) is 10.2 Å². The van der Waals surface area contributed by atoms with E-state index in [1.54, 1.807) is 0 Å². The minimum Gasteiger partial charge on any atom is -0.295 e. The van der Waals surface area contributed by atoms with E-state index in [1.807, 2.05) is 24.3 Å². The Labute approximate surface area is 143 Å². The predicted octanol–water partition coefficient (Wildman–Crippen LogP) is 3.78. The summed E-state index contributed by atoms with van der Waals surface area (Å²) in [5.41, 5.74) is 1.75. The molecule has 0 unspecified atom stereocenters. The molecule has 0 bridgehead atoms. The highest BCUT2D eigenvalue weighted by Gasteiger charge is 2.20. The molecule has 0 atom stereocenters. The maximum absolute atomic E-state index is 12.4. The highest BCUT2D eigenvalue weighted by atomic mass is 32.1. The number of aromatic nitrogens is 4. The van der Waals surface area contributed by atoms with Gasteiger partial charge >= 0.3 is 0 Å². The number of hydrogen-bond donors (Lipinski definition) is 1. The molecule has 7 heteroatoms. The van der Waals surface area contributed by atoms with Gasteiger partial charge in [0.05, 0.1) is 17.2 Å². The molecule has 2 aromatic heterocycles. The van der Waals surface area contributed by atoms with Crippen molar-refractivity contribution in [2.45, 2.75) is 38.0 Å². The zero-order valence-electron chi connectivity index (χ0n) is 13.1. The Balaban J connectivity index is 1.49. The molecule has 4 rings (SSSR count). The van der Waals surface area contributed by atoms with Crippen LogP contribution in [0.3, 0.4) is 0 Å². The van der Waals surface area contributed by atoms with E-state index in [4.69, 9.17) is 0 Å². The Morgan fingerprint density at radius 3 is 2.71 bits per heavy atom. The second kappa shape index (κ2) is 6.60. The summed E-state index contributed by atoms with van der Waals surface area (Å²) in [6.45, 7) is 0. The van der Waals surface area contributed by atoms with Gasteiger partial charge in [0.1, 0.15) is 10.7 Å². The monoisotopic (exact) mass is 339 g/mol. The first-order valence-electron chi connectivity index (χ1n) is 8.16. The van der Waals surface area contributed by atoms with Gasteiger partial charge in [0.15, 0.2) is 0 Å². The predicted molar refractivity (Wildman–Crippen MR) is 93.2 cm³/mol. The maximum Gasteiger partial charge on any atom is 0.277 e. The molecule has 0 radical (unpaired) electrons. The molecule has 122 valence electrons. The van der Waals surface area contributed by atoms with Crippen molar-refractivity contribution < 1.29 is 4.79 Å². The Hall–Kier alpha value is -2.41. The average molecular weight is 339 g/mol. The topological polar surface area (TPSA) is 80.7 Å². The minimum atomic E-state index is -0.306. The van der Waals surface area contributed by atoms with Gasteiger partial charge in [0.25, 0.3) is 5.91 Å². The number of amides is 1. The second-order valence-electron chi connectivity index (χ2n) is 5.98. The fourth-order valence-corrected chi connectivity index (χ4v) is 3.93. The van der Waals surface area contributed by atoms with Crippen LogP contribution < -0.4 is 5.32 Å². The number of para-hydroxylation sites is 2. The molecule has 1 fully saturated rings. The number of hydrogen-bond acceptors (Lipinski definition) is 6. The minimum absolute atomic E-state index is 0.281. The Kier molecular flexibility index (Phi) is 4.17. The molecule has 1 amide bonds. The fourth-order valence-electron chi connectivity index (χ4n) is 3.03. The number of nitrogens with one attached hydrogen (secondary N) is 1. The smallest absolute Gasteiger partial charge is 0.277 e. The summed E-state index contributed by atoms with van der Waals surface area (Å²) in [6, 6.07) is 7.47. The van der Waals surface area contributed by atoms with Crippen LogP contribution in [0.5, 0.6) is 0 Å². The lowest BCUT2D eigenvalue weighted by Crippen LogP contribution is -2.14. The number of benzene rings is 1. The van der Waals surface area contributed by atoms with Gasteiger partial charge in [-0.25, -0.2) is 4.98 Å². The molecule has 6 nitrogen and oxygen atoms in total. The van der Waals surface area contributed by atoms with E-state index in [9.17, 15) is 4.79 Å². The van der Waals surface area contributed by atoms with Crippen molar-refractivity contribution >= 4 is 33.4 Å². The summed E-state index contributed by atoms with van der Waals surface area (Å²) >= 11 is 1.46. The largest absolute Gasteiger partial charge is 0.295 e. The first-order chi connectivity index (χ1) is 11.8. The van der Waals surface area contributed by atoms with Crippen LogP contribution in [0.2, 0.25) is 0 Å². The molecule has 0 saturated heterocycles. The van der Waals surface area contributed by atoms with E-state index in [-0.39, 0.29) is 11.6 Å². The number of rotatable bonds is 3. The molecule has 1 N–H and O–H groups in total. The third kappa shape index (κ3) is 3.12. The van der Waals surface area contributed by atoms with E-state index < -0.39 is 0 Å². The average Bonchev–Trinajstić information content (AvgIpc) is 3.10. The van der Waals surface area contributed by atoms with E-state index in [1.165, 1.54) is 49.6 Å². The second-order valence-corrected chi connectivity index (χ2v) is 6.99. The van der Waals surface area contributed by atoms with Crippen molar-refractivity contribution in [3.05, 3.63) is 41.2 Å². The highest BCUT2D eigenvalue weighted by Crippen LogP contribution is 2.35. The van der Waals surface area contributed by atoms with Crippen LogP contribution >= 0.6 is 11.3 Å². The third-order valence-corrected chi connectivity index (χ3v) is 5.30. The highest BCUT2D eigenvalue weighted by molar-refractivity contribution is 7.15. The molecule has 1 aliphatic rings. The lowest BCUT2D eigenvalue weighted by Gasteiger charge is -2.18. The molecule has 1 saturated carbocycles. The van der Waals surface area contributed by atoms with Crippen molar-refractivity contribution in [1.82, 2.24) is 20.2 Å². The van der Waals surface area contributed by atoms with Crippen LogP contribution in [-0.2, 0) is 0 Å². The van der Waals surface area contributed by atoms with Crippen molar-refractivity contribution in [2.75, 3.05) is 5.32 Å². The van der Waals surface area contributed by atoms with E-state index in [0.717, 1.165) is 10.5 Å². The first kappa shape index (κ1) is 15.1. The van der Waals surface area contributed by atoms with Crippen LogP contribution in [0, 0.1) is 0 Å². The first-order valence-corrected chi connectivity index (χ1v) is 8.98. The normalized spacial score (nSPS) is 15.5. The summed E-state index contributed by atoms with van der Waals surface area (Å²) < 4.78 is 0. The molecule has 2 heterocycles. The summed E-state index contributed by atoms with van der Waals surface area (Å²) in [5, 5.41) is 12.7. The quantitative estimate of drug-likeness (QED) is 0.785. The van der Waals surface area contributed by atoms with Crippen LogP contribution in [0.4, 0.5) is 5.13 Å². The Morgan fingerprint density at radius 2 is 1.88 bits per heavy atom. The lowest BCUT2D eigenvalue weighted by molar-refractivity contribution is 0.102. The summed E-state index contributed by atoms with van der Waals surface area (Å²) in [5.74, 6) is 0.182. The van der Waals surface area contributed by atoms with Gasteiger partial charge in [-0.2, -0.15) is 0 Å². The van der Waals surface area contributed by atoms with Gasteiger partial charge in [-0.3, -0.25) is 15.1 Å². The maximum atomic E-state index is 12.4. The molecule has 24 heavy (non-hydrogen) atoms. The van der Waals surface area contributed by atoms with Gasteiger partial charge in [0.2, 0.25) is 5.13 Å². The zero-order chi connectivity index (χ0) is 16.4. The molecule has 1 aromatic carbocycles. The van der Waals surface area contributed by atoms with Gasteiger partial charge in [0, 0.05) is 5.92 Å². The van der Waals surface area contributed by atoms with Crippen LogP contribution in [-0.4, -0.2) is 26.1 Å². The molecular weight excluding hydrogens is 322 g/mol. The van der Waals surface area contributed by atoms with Gasteiger partial charge < -0.3 is 0 Å². The number of fused-ring (bicyclic) bond motifs is 1. The van der Waals surface area contributed by atoms with Crippen LogP contribution in [0.1, 0.15) is 53.5 Å². The van der Waals surface area contributed by atoms with Gasteiger partial charge in [-0.1, -0.05) is 42.7 Å². The van der Waals surface area contributed by atoms with Crippen molar-refractivity contribution in [3.8, 4) is 0 Å². The Morgan fingerprint density at radius 1 is 1.08 bits per heavy atom. The van der Waals surface area contributed by atoms with E-state index >= 15 is 0 Å². The van der Waals surface area contributed by atoms with E-state index in [2.05, 4.69) is 25.5 Å². The SMILES string of the molecule is O=C(Nc1nnc(C2CCCCC2)s1)c1cnc2ccccc2n1. The summed E-state index contributed by atoms with van der Waals surface area (Å²) in [4.78, 5) is 21.0. The van der Waals surface area contributed by atoms with E-state index in [0.29, 0.717) is 16.6 Å². The number of anilines is 1. The number of carbonyl (C=O) groups excluding carboxylic acids is 1. The number of carbonyl (C=O) groups is 1. The molecule has 3 aromatic rings. The summed E-state index contributed by atoms with van der Waals surface area (Å²) in [7, 11) is 0. The zero-order valence-corrected chi connectivity index (χ0v) is 13.9. The summed E-state index contributed by atoms with van der Waals surface area (Å²) in [6.07, 6.45) is 7.62. The standard InChI is InChI=1S/C17H17N5OS/c23-15(14-10-18-12-8-4-5-9-13(12)19-14)20-17-22-21-16(24-17)11-6-2-1-3-7-11/h4-5,8-11H,1-3,6-7H2,(H,20,22,23).